The van der Waals surface area contributed by atoms with Gasteiger partial charge in [0.2, 0.25) is 0 Å². The average molecular weight is 327 g/mol. The van der Waals surface area contributed by atoms with Crippen LogP contribution in [-0.2, 0) is 4.74 Å². The molecule has 0 atom stereocenters. The lowest BCUT2D eigenvalue weighted by atomic mass is 9.83. The minimum atomic E-state index is -1.11. The molecule has 22 heavy (non-hydrogen) atoms. The maximum Gasteiger partial charge on any atom is 0.409 e. The second-order valence-corrected chi connectivity index (χ2v) is 13.9. The molecule has 0 spiro atoms. The molecule has 0 aromatic carbocycles. The molecule has 0 aromatic rings. The van der Waals surface area contributed by atoms with Crippen LogP contribution >= 0.6 is 0 Å². The summed E-state index contributed by atoms with van der Waals surface area (Å²) in [6.45, 7) is 11.7. The first kappa shape index (κ1) is 17.8. The Labute approximate surface area is 137 Å². The van der Waals surface area contributed by atoms with Crippen molar-refractivity contribution < 1.29 is 9.53 Å². The largest absolute Gasteiger partial charge is 0.450 e. The van der Waals surface area contributed by atoms with E-state index in [4.69, 9.17) is 4.74 Å². The molecule has 0 aliphatic carbocycles. The molecule has 0 saturated carbocycles. The number of hydrogen-bond acceptors (Lipinski definition) is 3. The summed E-state index contributed by atoms with van der Waals surface area (Å²) >= 11 is 0. The fourth-order valence-corrected chi connectivity index (χ4v) is 4.19. The molecule has 2 aliphatic heterocycles. The van der Waals surface area contributed by atoms with Crippen LogP contribution in [0.3, 0.4) is 0 Å². The second-order valence-electron chi connectivity index (χ2n) is 8.28. The van der Waals surface area contributed by atoms with E-state index in [-0.39, 0.29) is 6.09 Å². The Morgan fingerprint density at radius 3 is 2.27 bits per heavy atom. The van der Waals surface area contributed by atoms with Gasteiger partial charge < -0.3 is 15.0 Å². The van der Waals surface area contributed by atoms with Gasteiger partial charge in [-0.1, -0.05) is 19.6 Å². The third kappa shape index (κ3) is 6.29. The third-order valence-corrected chi connectivity index (χ3v) is 6.78. The zero-order valence-electron chi connectivity index (χ0n) is 14.7. The molecule has 0 aromatic heterocycles. The SMILES string of the molecule is C[Si](C)(C)CCOC(=O)N1CCC(CC2CCNCC2)CC1. The predicted molar refractivity (Wildman–Crippen MR) is 94.0 cm³/mol. The van der Waals surface area contributed by atoms with Gasteiger partial charge in [-0.25, -0.2) is 4.79 Å². The lowest BCUT2D eigenvalue weighted by Gasteiger charge is -2.34. The first-order valence-electron chi connectivity index (χ1n) is 9.06. The van der Waals surface area contributed by atoms with Crippen molar-refractivity contribution in [3.63, 3.8) is 0 Å². The molecule has 1 amide bonds. The van der Waals surface area contributed by atoms with Crippen LogP contribution in [0.4, 0.5) is 4.79 Å². The highest BCUT2D eigenvalue weighted by Crippen LogP contribution is 2.28. The molecule has 2 heterocycles. The highest BCUT2D eigenvalue weighted by atomic mass is 28.3. The number of nitrogens with one attached hydrogen (secondary N) is 1. The smallest absolute Gasteiger partial charge is 0.409 e. The van der Waals surface area contributed by atoms with Crippen molar-refractivity contribution >= 4 is 14.2 Å². The van der Waals surface area contributed by atoms with Crippen LogP contribution in [0, 0.1) is 11.8 Å². The fourth-order valence-electron chi connectivity index (χ4n) is 3.48. The van der Waals surface area contributed by atoms with E-state index < -0.39 is 8.07 Å². The molecule has 1 N–H and O–H groups in total. The van der Waals surface area contributed by atoms with Gasteiger partial charge >= 0.3 is 6.09 Å². The van der Waals surface area contributed by atoms with Crippen molar-refractivity contribution in [1.29, 1.82) is 0 Å². The third-order valence-electron chi connectivity index (χ3n) is 5.08. The first-order chi connectivity index (χ1) is 10.4. The lowest BCUT2D eigenvalue weighted by molar-refractivity contribution is 0.0878. The zero-order chi connectivity index (χ0) is 16.0. The van der Waals surface area contributed by atoms with E-state index in [2.05, 4.69) is 25.0 Å². The quantitative estimate of drug-likeness (QED) is 0.785. The summed E-state index contributed by atoms with van der Waals surface area (Å²) in [5, 5.41) is 3.44. The Morgan fingerprint density at radius 1 is 1.09 bits per heavy atom. The summed E-state index contributed by atoms with van der Waals surface area (Å²) in [4.78, 5) is 14.0. The van der Waals surface area contributed by atoms with E-state index in [0.29, 0.717) is 6.61 Å². The van der Waals surface area contributed by atoms with Crippen LogP contribution in [-0.4, -0.2) is 51.9 Å². The number of nitrogens with zero attached hydrogens (tertiary/aromatic N) is 1. The van der Waals surface area contributed by atoms with Crippen molar-refractivity contribution in [1.82, 2.24) is 10.2 Å². The molecular weight excluding hydrogens is 292 g/mol. The van der Waals surface area contributed by atoms with Crippen LogP contribution in [0.1, 0.15) is 32.1 Å². The molecule has 0 unspecified atom stereocenters. The molecule has 128 valence electrons. The van der Waals surface area contributed by atoms with Crippen LogP contribution in [0.25, 0.3) is 0 Å². The van der Waals surface area contributed by atoms with Gasteiger partial charge in [0.05, 0.1) is 6.61 Å². The van der Waals surface area contributed by atoms with Crippen molar-refractivity contribution in [2.45, 2.75) is 57.8 Å². The summed E-state index contributed by atoms with van der Waals surface area (Å²) in [7, 11) is -1.11. The molecule has 2 rings (SSSR count). The topological polar surface area (TPSA) is 41.6 Å². The van der Waals surface area contributed by atoms with E-state index >= 15 is 0 Å². The van der Waals surface area contributed by atoms with Gasteiger partial charge in [0.1, 0.15) is 0 Å². The maximum absolute atomic E-state index is 12.1. The highest BCUT2D eigenvalue weighted by Gasteiger charge is 2.26. The molecule has 0 bridgehead atoms. The summed E-state index contributed by atoms with van der Waals surface area (Å²) in [5.41, 5.74) is 0. The molecule has 2 fully saturated rings. The van der Waals surface area contributed by atoms with Gasteiger partial charge in [0, 0.05) is 21.2 Å². The highest BCUT2D eigenvalue weighted by molar-refractivity contribution is 6.76. The van der Waals surface area contributed by atoms with Crippen LogP contribution in [0.5, 0.6) is 0 Å². The van der Waals surface area contributed by atoms with Gasteiger partial charge in [-0.05, 0) is 63.1 Å². The molecule has 0 radical (unpaired) electrons. The number of carbonyl (C=O) groups is 1. The summed E-state index contributed by atoms with van der Waals surface area (Å²) in [5.74, 6) is 1.72. The zero-order valence-corrected chi connectivity index (χ0v) is 15.7. The normalized spacial score (nSPS) is 21.9. The standard InChI is InChI=1S/C17H34N2O2Si/c1-22(2,3)13-12-21-17(20)19-10-6-16(7-11-19)14-15-4-8-18-9-5-15/h15-16,18H,4-14H2,1-3H3. The van der Waals surface area contributed by atoms with Crippen LogP contribution in [0.15, 0.2) is 0 Å². The first-order valence-corrected chi connectivity index (χ1v) is 12.8. The number of rotatable bonds is 5. The van der Waals surface area contributed by atoms with Gasteiger partial charge in [0.15, 0.2) is 0 Å². The number of likely N-dealkylation sites (tertiary alicyclic amines) is 1. The minimum Gasteiger partial charge on any atom is -0.450 e. The number of piperidine rings is 2. The fraction of sp³-hybridized carbons (Fsp3) is 0.941. The molecular formula is C17H34N2O2Si. The number of hydrogen-bond donors (Lipinski definition) is 1. The van der Waals surface area contributed by atoms with Crippen molar-refractivity contribution in [2.75, 3.05) is 32.8 Å². The van der Waals surface area contributed by atoms with Gasteiger partial charge in [-0.15, -0.1) is 0 Å². The Morgan fingerprint density at radius 2 is 1.68 bits per heavy atom. The Hall–Kier alpha value is -0.553. The monoisotopic (exact) mass is 326 g/mol. The summed E-state index contributed by atoms with van der Waals surface area (Å²) in [6, 6.07) is 1.06. The number of amides is 1. The molecule has 2 saturated heterocycles. The number of ether oxygens (including phenoxy) is 1. The van der Waals surface area contributed by atoms with Gasteiger partial charge in [0.25, 0.3) is 0 Å². The average Bonchev–Trinajstić information content (AvgIpc) is 2.47. The summed E-state index contributed by atoms with van der Waals surface area (Å²) in [6.07, 6.45) is 6.26. The second kappa shape index (κ2) is 8.34. The Bertz CT molecular complexity index is 343. The van der Waals surface area contributed by atoms with Crippen LogP contribution < -0.4 is 5.32 Å². The number of carbonyl (C=O) groups excluding carboxylic acids is 1. The van der Waals surface area contributed by atoms with Crippen LogP contribution in [0.2, 0.25) is 25.7 Å². The van der Waals surface area contributed by atoms with E-state index in [9.17, 15) is 4.79 Å². The van der Waals surface area contributed by atoms with E-state index in [0.717, 1.165) is 43.8 Å². The van der Waals surface area contributed by atoms with Crippen molar-refractivity contribution in [3.8, 4) is 0 Å². The molecule has 2 aliphatic rings. The van der Waals surface area contributed by atoms with Crippen molar-refractivity contribution in [3.05, 3.63) is 0 Å². The maximum atomic E-state index is 12.1. The Balaban J connectivity index is 1.62. The van der Waals surface area contributed by atoms with E-state index in [1.54, 1.807) is 0 Å². The van der Waals surface area contributed by atoms with Crippen molar-refractivity contribution in [2.24, 2.45) is 11.8 Å². The summed E-state index contributed by atoms with van der Waals surface area (Å²) < 4.78 is 5.46. The molecule has 4 nitrogen and oxygen atoms in total. The minimum absolute atomic E-state index is 0.0847. The van der Waals surface area contributed by atoms with Gasteiger partial charge in [-0.3, -0.25) is 0 Å². The predicted octanol–water partition coefficient (Wildman–Crippen LogP) is 3.56. The van der Waals surface area contributed by atoms with Gasteiger partial charge in [-0.2, -0.15) is 0 Å². The molecule has 5 heteroatoms. The Kier molecular flexibility index (Phi) is 6.75. The van der Waals surface area contributed by atoms with E-state index in [1.807, 2.05) is 4.90 Å². The lowest BCUT2D eigenvalue weighted by Crippen LogP contribution is -2.40. The van der Waals surface area contributed by atoms with E-state index in [1.165, 1.54) is 32.4 Å².